The molecule has 0 radical (unpaired) electrons. The minimum absolute atomic E-state index is 0.0275. The van der Waals surface area contributed by atoms with Gasteiger partial charge in [0.1, 0.15) is 0 Å². The summed E-state index contributed by atoms with van der Waals surface area (Å²) in [6, 6.07) is 1.42. The highest BCUT2D eigenvalue weighted by Crippen LogP contribution is 2.36. The Balaban J connectivity index is 2.20. The summed E-state index contributed by atoms with van der Waals surface area (Å²) in [5.74, 6) is -1.16. The summed E-state index contributed by atoms with van der Waals surface area (Å²) in [4.78, 5) is 11.2. The normalized spacial score (nSPS) is 21.1. The number of alkyl halides is 2. The van der Waals surface area contributed by atoms with E-state index in [4.69, 9.17) is 9.31 Å². The van der Waals surface area contributed by atoms with Crippen molar-refractivity contribution in [3.8, 4) is 0 Å². The molecule has 1 aromatic heterocycles. The van der Waals surface area contributed by atoms with Crippen molar-refractivity contribution < 1.29 is 22.9 Å². The predicted molar refractivity (Wildman–Crippen MR) is 70.4 cm³/mol. The van der Waals surface area contributed by atoms with Gasteiger partial charge in [0.05, 0.1) is 16.1 Å². The monoisotopic (exact) mass is 288 g/mol. The highest BCUT2D eigenvalue weighted by molar-refractivity contribution is 7.13. The molecule has 0 saturated carbocycles. The Labute approximate surface area is 115 Å². The molecule has 104 valence electrons. The zero-order valence-electron chi connectivity index (χ0n) is 11.2. The molecule has 1 aliphatic rings. The van der Waals surface area contributed by atoms with E-state index >= 15 is 0 Å². The third-order valence-corrected chi connectivity index (χ3v) is 4.55. The zero-order valence-corrected chi connectivity index (χ0v) is 12.0. The Kier molecular flexibility index (Phi) is 3.57. The van der Waals surface area contributed by atoms with Crippen LogP contribution in [0.4, 0.5) is 8.78 Å². The van der Waals surface area contributed by atoms with Gasteiger partial charge in [0.15, 0.2) is 0 Å². The molecule has 3 nitrogen and oxygen atoms in total. The maximum atomic E-state index is 12.3. The third kappa shape index (κ3) is 2.59. The van der Waals surface area contributed by atoms with Crippen molar-refractivity contribution in [2.45, 2.75) is 45.3 Å². The predicted octanol–water partition coefficient (Wildman–Crippen LogP) is 2.50. The van der Waals surface area contributed by atoms with E-state index in [1.807, 2.05) is 27.7 Å². The first-order valence-electron chi connectivity index (χ1n) is 5.90. The second-order valence-corrected chi connectivity index (χ2v) is 6.41. The highest BCUT2D eigenvalue weighted by Gasteiger charge is 2.52. The number of carbonyl (C=O) groups excluding carboxylic acids is 1. The van der Waals surface area contributed by atoms with Crippen LogP contribution in [0.15, 0.2) is 11.4 Å². The standard InChI is InChI=1S/C12H15BF2O3S/c1-11(2)12(3,4)18-13(17-11)7-5-8(19-6-7)9(16)10(14)15/h5-6,10H,1-4H3. The minimum atomic E-state index is -2.98. The van der Waals surface area contributed by atoms with Gasteiger partial charge in [-0.15, -0.1) is 11.3 Å². The van der Waals surface area contributed by atoms with Crippen LogP contribution in [0.5, 0.6) is 0 Å². The molecule has 19 heavy (non-hydrogen) atoms. The highest BCUT2D eigenvalue weighted by atomic mass is 32.1. The molecule has 0 aliphatic carbocycles. The van der Waals surface area contributed by atoms with Crippen LogP contribution >= 0.6 is 11.3 Å². The maximum Gasteiger partial charge on any atom is 0.495 e. The molecule has 0 aromatic carbocycles. The minimum Gasteiger partial charge on any atom is -0.399 e. The van der Waals surface area contributed by atoms with Crippen molar-refractivity contribution in [1.82, 2.24) is 0 Å². The number of halogens is 2. The van der Waals surface area contributed by atoms with Gasteiger partial charge in [0.25, 0.3) is 0 Å². The average Bonchev–Trinajstić information content (AvgIpc) is 2.81. The first-order chi connectivity index (χ1) is 8.64. The molecule has 0 bridgehead atoms. The van der Waals surface area contributed by atoms with Crippen LogP contribution in [0, 0.1) is 0 Å². The summed E-state index contributed by atoms with van der Waals surface area (Å²) in [5, 5.41) is 1.62. The Bertz CT molecular complexity index is 483. The SMILES string of the molecule is CC1(C)OB(c2csc(C(=O)C(F)F)c2)OC1(C)C. The first-order valence-corrected chi connectivity index (χ1v) is 6.78. The molecule has 1 saturated heterocycles. The van der Waals surface area contributed by atoms with Crippen LogP contribution < -0.4 is 5.46 Å². The van der Waals surface area contributed by atoms with E-state index < -0.39 is 30.5 Å². The van der Waals surface area contributed by atoms with Crippen molar-refractivity contribution in [2.75, 3.05) is 0 Å². The number of hydrogen-bond donors (Lipinski definition) is 0. The molecule has 2 heterocycles. The van der Waals surface area contributed by atoms with Crippen molar-refractivity contribution >= 4 is 29.7 Å². The van der Waals surface area contributed by atoms with Crippen molar-refractivity contribution in [3.63, 3.8) is 0 Å². The van der Waals surface area contributed by atoms with Gasteiger partial charge >= 0.3 is 13.5 Å². The van der Waals surface area contributed by atoms with Gasteiger partial charge in [-0.25, -0.2) is 8.78 Å². The average molecular weight is 288 g/mol. The lowest BCUT2D eigenvalue weighted by molar-refractivity contribution is 0.00578. The van der Waals surface area contributed by atoms with Crippen LogP contribution in [-0.4, -0.2) is 30.5 Å². The smallest absolute Gasteiger partial charge is 0.399 e. The second kappa shape index (κ2) is 4.65. The fraction of sp³-hybridized carbons (Fsp3) is 0.583. The molecule has 0 N–H and O–H groups in total. The van der Waals surface area contributed by atoms with Crippen LogP contribution in [0.25, 0.3) is 0 Å². The summed E-state index contributed by atoms with van der Waals surface area (Å²) in [5.41, 5.74) is -0.383. The Morgan fingerprint density at radius 2 is 1.79 bits per heavy atom. The van der Waals surface area contributed by atoms with Gasteiger partial charge in [-0.1, -0.05) is 0 Å². The molecule has 2 rings (SSSR count). The summed E-state index contributed by atoms with van der Waals surface area (Å²) in [6.45, 7) is 7.63. The van der Waals surface area contributed by atoms with Crippen molar-refractivity contribution in [2.24, 2.45) is 0 Å². The van der Waals surface area contributed by atoms with Gasteiger partial charge in [-0.05, 0) is 44.6 Å². The van der Waals surface area contributed by atoms with Crippen molar-refractivity contribution in [3.05, 3.63) is 16.3 Å². The summed E-state index contributed by atoms with van der Waals surface area (Å²) >= 11 is 0.984. The van der Waals surface area contributed by atoms with Crippen LogP contribution in [-0.2, 0) is 9.31 Å². The number of hydrogen-bond acceptors (Lipinski definition) is 4. The third-order valence-electron chi connectivity index (χ3n) is 3.59. The Hall–Kier alpha value is -0.785. The molecule has 1 fully saturated rings. The quantitative estimate of drug-likeness (QED) is 0.633. The van der Waals surface area contributed by atoms with E-state index in [1.54, 1.807) is 5.38 Å². The van der Waals surface area contributed by atoms with E-state index in [2.05, 4.69) is 0 Å². The molecule has 1 aromatic rings. The van der Waals surface area contributed by atoms with E-state index in [9.17, 15) is 13.6 Å². The molecule has 0 unspecified atom stereocenters. The molecular formula is C12H15BF2O3S. The first kappa shape index (κ1) is 14.6. The van der Waals surface area contributed by atoms with E-state index in [0.717, 1.165) is 11.3 Å². The van der Waals surface area contributed by atoms with Gasteiger partial charge in [-0.3, -0.25) is 4.79 Å². The molecule has 7 heteroatoms. The molecule has 0 amide bonds. The topological polar surface area (TPSA) is 35.5 Å². The largest absolute Gasteiger partial charge is 0.495 e. The number of ketones is 1. The van der Waals surface area contributed by atoms with Crippen LogP contribution in [0.2, 0.25) is 0 Å². The van der Waals surface area contributed by atoms with E-state index in [0.29, 0.717) is 5.46 Å². The lowest BCUT2D eigenvalue weighted by Crippen LogP contribution is -2.41. The number of carbonyl (C=O) groups is 1. The van der Waals surface area contributed by atoms with Crippen LogP contribution in [0.1, 0.15) is 37.4 Å². The fourth-order valence-electron chi connectivity index (χ4n) is 1.69. The van der Waals surface area contributed by atoms with E-state index in [-0.39, 0.29) is 4.88 Å². The molecule has 0 spiro atoms. The number of thiophene rings is 1. The summed E-state index contributed by atoms with van der Waals surface area (Å²) in [7, 11) is -0.625. The lowest BCUT2D eigenvalue weighted by Gasteiger charge is -2.32. The number of rotatable bonds is 3. The summed E-state index contributed by atoms with van der Waals surface area (Å²) < 4.78 is 36.3. The fourth-order valence-corrected chi connectivity index (χ4v) is 2.54. The zero-order chi connectivity index (χ0) is 14.4. The van der Waals surface area contributed by atoms with Gasteiger partial charge in [-0.2, -0.15) is 0 Å². The van der Waals surface area contributed by atoms with E-state index in [1.165, 1.54) is 6.07 Å². The Morgan fingerprint density at radius 1 is 1.26 bits per heavy atom. The lowest BCUT2D eigenvalue weighted by atomic mass is 9.81. The molecular weight excluding hydrogens is 273 g/mol. The second-order valence-electron chi connectivity index (χ2n) is 5.50. The van der Waals surface area contributed by atoms with Crippen molar-refractivity contribution in [1.29, 1.82) is 0 Å². The molecule has 1 aliphatic heterocycles. The van der Waals surface area contributed by atoms with Gasteiger partial charge < -0.3 is 9.31 Å². The molecule has 0 atom stereocenters. The van der Waals surface area contributed by atoms with Gasteiger partial charge in [0, 0.05) is 0 Å². The number of Topliss-reactive ketones (excluding diaryl/α,β-unsaturated/α-hetero) is 1. The maximum absolute atomic E-state index is 12.3. The van der Waals surface area contributed by atoms with Gasteiger partial charge in [0.2, 0.25) is 5.78 Å². The Morgan fingerprint density at radius 3 is 2.26 bits per heavy atom. The van der Waals surface area contributed by atoms with Crippen LogP contribution in [0.3, 0.4) is 0 Å². The summed E-state index contributed by atoms with van der Waals surface area (Å²) in [6.07, 6.45) is -2.98.